The van der Waals surface area contributed by atoms with Crippen molar-refractivity contribution in [3.05, 3.63) is 35.4 Å². The third-order valence-electron chi connectivity index (χ3n) is 3.22. The number of benzene rings is 1. The Hall–Kier alpha value is -0.860. The molecule has 0 aromatic heterocycles. The molecule has 0 bridgehead atoms. The van der Waals surface area contributed by atoms with Crippen molar-refractivity contribution in [1.82, 2.24) is 10.2 Å². The Bertz CT molecular complexity index is 318. The second-order valence-corrected chi connectivity index (χ2v) is 5.18. The molecule has 0 spiro atoms. The summed E-state index contributed by atoms with van der Waals surface area (Å²) in [4.78, 5) is 2.41. The van der Waals surface area contributed by atoms with Gasteiger partial charge in [-0.15, -0.1) is 0 Å². The van der Waals surface area contributed by atoms with Crippen LogP contribution in [-0.2, 0) is 0 Å². The largest absolute Gasteiger partial charge is 0.309 e. The first-order valence-electron chi connectivity index (χ1n) is 7.15. The van der Waals surface area contributed by atoms with E-state index in [1.54, 1.807) is 0 Å². The summed E-state index contributed by atoms with van der Waals surface area (Å²) in [6.07, 6.45) is 2.39. The number of aryl methyl sites for hydroxylation is 1. The van der Waals surface area contributed by atoms with Gasteiger partial charge < -0.3 is 10.2 Å². The van der Waals surface area contributed by atoms with E-state index in [1.165, 1.54) is 24.0 Å². The molecule has 0 radical (unpaired) electrons. The molecule has 0 saturated carbocycles. The lowest BCUT2D eigenvalue weighted by Gasteiger charge is -2.25. The van der Waals surface area contributed by atoms with E-state index in [0.717, 1.165) is 19.6 Å². The van der Waals surface area contributed by atoms with Crippen LogP contribution in [0.4, 0.5) is 0 Å². The predicted octanol–water partition coefficient (Wildman–Crippen LogP) is 3.38. The van der Waals surface area contributed by atoms with Crippen molar-refractivity contribution in [3.8, 4) is 0 Å². The van der Waals surface area contributed by atoms with E-state index in [2.05, 4.69) is 62.3 Å². The van der Waals surface area contributed by atoms with Gasteiger partial charge in [0.2, 0.25) is 0 Å². The van der Waals surface area contributed by atoms with E-state index >= 15 is 0 Å². The molecule has 0 saturated heterocycles. The van der Waals surface area contributed by atoms with E-state index in [9.17, 15) is 0 Å². The molecule has 1 atom stereocenters. The number of nitrogens with zero attached hydrogens (tertiary/aromatic N) is 1. The maximum Gasteiger partial charge on any atom is 0.0449 e. The summed E-state index contributed by atoms with van der Waals surface area (Å²) < 4.78 is 0. The minimum Gasteiger partial charge on any atom is -0.309 e. The first kappa shape index (κ1) is 15.2. The number of hydrogen-bond acceptors (Lipinski definition) is 2. The highest BCUT2D eigenvalue weighted by Crippen LogP contribution is 2.15. The van der Waals surface area contributed by atoms with Crippen molar-refractivity contribution in [3.63, 3.8) is 0 Å². The first-order valence-corrected chi connectivity index (χ1v) is 7.15. The zero-order valence-electron chi connectivity index (χ0n) is 12.4. The highest BCUT2D eigenvalue weighted by Gasteiger charge is 2.12. The fourth-order valence-electron chi connectivity index (χ4n) is 2.19. The van der Waals surface area contributed by atoms with Gasteiger partial charge in [0.05, 0.1) is 0 Å². The Kier molecular flexibility index (Phi) is 6.99. The average molecular weight is 248 g/mol. The molecular formula is C16H28N2. The lowest BCUT2D eigenvalue weighted by molar-refractivity contribution is 0.291. The van der Waals surface area contributed by atoms with Crippen molar-refractivity contribution < 1.29 is 0 Å². The zero-order valence-corrected chi connectivity index (χ0v) is 12.4. The number of rotatable bonds is 8. The summed E-state index contributed by atoms with van der Waals surface area (Å²) in [5.74, 6) is 0. The molecule has 18 heavy (non-hydrogen) atoms. The van der Waals surface area contributed by atoms with Crippen LogP contribution < -0.4 is 5.32 Å². The van der Waals surface area contributed by atoms with Gasteiger partial charge in [-0.2, -0.15) is 0 Å². The number of hydrogen-bond donors (Lipinski definition) is 1. The maximum absolute atomic E-state index is 3.65. The van der Waals surface area contributed by atoms with E-state index in [1.807, 2.05) is 0 Å². The van der Waals surface area contributed by atoms with E-state index < -0.39 is 0 Å². The molecule has 0 heterocycles. The average Bonchev–Trinajstić information content (AvgIpc) is 2.36. The van der Waals surface area contributed by atoms with Gasteiger partial charge in [0.15, 0.2) is 0 Å². The van der Waals surface area contributed by atoms with Gasteiger partial charge in [-0.1, -0.05) is 43.7 Å². The molecule has 2 heteroatoms. The quantitative estimate of drug-likeness (QED) is 0.759. The molecule has 0 fully saturated rings. The van der Waals surface area contributed by atoms with Crippen LogP contribution in [0.15, 0.2) is 24.3 Å². The number of nitrogens with one attached hydrogen (secondary N) is 1. The lowest BCUT2D eigenvalue weighted by atomic mass is 10.0. The van der Waals surface area contributed by atoms with Crippen molar-refractivity contribution in [2.75, 3.05) is 26.7 Å². The van der Waals surface area contributed by atoms with Gasteiger partial charge >= 0.3 is 0 Å². The van der Waals surface area contributed by atoms with Crippen LogP contribution in [0.5, 0.6) is 0 Å². The smallest absolute Gasteiger partial charge is 0.0449 e. The molecule has 1 aromatic carbocycles. The Morgan fingerprint density at radius 1 is 1.11 bits per heavy atom. The van der Waals surface area contributed by atoms with Crippen LogP contribution in [0, 0.1) is 6.92 Å². The van der Waals surface area contributed by atoms with Gasteiger partial charge in [-0.3, -0.25) is 0 Å². The highest BCUT2D eigenvalue weighted by atomic mass is 15.1. The molecule has 1 unspecified atom stereocenters. The second-order valence-electron chi connectivity index (χ2n) is 5.18. The third-order valence-corrected chi connectivity index (χ3v) is 3.22. The molecule has 2 nitrogen and oxygen atoms in total. The summed E-state index contributed by atoms with van der Waals surface area (Å²) in [7, 11) is 2.21. The monoisotopic (exact) mass is 248 g/mol. The Morgan fingerprint density at radius 3 is 2.33 bits per heavy atom. The van der Waals surface area contributed by atoms with Gasteiger partial charge in [-0.25, -0.2) is 0 Å². The molecule has 0 aliphatic carbocycles. The molecular weight excluding hydrogens is 220 g/mol. The minimum atomic E-state index is 0.446. The molecule has 0 amide bonds. The summed E-state index contributed by atoms with van der Waals surface area (Å²) in [5, 5.41) is 3.65. The normalized spacial score (nSPS) is 12.9. The van der Waals surface area contributed by atoms with E-state index in [0.29, 0.717) is 6.04 Å². The van der Waals surface area contributed by atoms with Crippen LogP contribution in [0.3, 0.4) is 0 Å². The van der Waals surface area contributed by atoms with Crippen LogP contribution in [-0.4, -0.2) is 31.6 Å². The fourth-order valence-corrected chi connectivity index (χ4v) is 2.19. The highest BCUT2D eigenvalue weighted by molar-refractivity contribution is 5.24. The molecule has 1 aromatic rings. The zero-order chi connectivity index (χ0) is 13.4. The van der Waals surface area contributed by atoms with Crippen molar-refractivity contribution >= 4 is 0 Å². The summed E-state index contributed by atoms with van der Waals surface area (Å²) in [5.41, 5.74) is 2.73. The number of likely N-dealkylation sites (N-methyl/N-ethyl adjacent to an activating group) is 1. The lowest BCUT2D eigenvalue weighted by Crippen LogP contribution is -2.33. The Balaban J connectivity index is 2.67. The van der Waals surface area contributed by atoms with E-state index in [-0.39, 0.29) is 0 Å². The standard InChI is InChI=1S/C16H28N2/c1-5-11-17-16(13-18(4)12-6-2)15-9-7-14(3)8-10-15/h7-10,16-17H,5-6,11-13H2,1-4H3. The van der Waals surface area contributed by atoms with Crippen LogP contribution >= 0.6 is 0 Å². The van der Waals surface area contributed by atoms with Gasteiger partial charge in [0, 0.05) is 12.6 Å². The SMILES string of the molecule is CCCNC(CN(C)CCC)c1ccc(C)cc1. The van der Waals surface area contributed by atoms with Gasteiger partial charge in [0.25, 0.3) is 0 Å². The minimum absolute atomic E-state index is 0.446. The summed E-state index contributed by atoms with van der Waals surface area (Å²) in [6, 6.07) is 9.36. The summed E-state index contributed by atoms with van der Waals surface area (Å²) >= 11 is 0. The van der Waals surface area contributed by atoms with Crippen molar-refractivity contribution in [2.24, 2.45) is 0 Å². The molecule has 0 aliphatic heterocycles. The second kappa shape index (κ2) is 8.28. The van der Waals surface area contributed by atoms with Crippen LogP contribution in [0.1, 0.15) is 43.9 Å². The van der Waals surface area contributed by atoms with Crippen LogP contribution in [0.25, 0.3) is 0 Å². The Morgan fingerprint density at radius 2 is 1.78 bits per heavy atom. The molecule has 102 valence electrons. The summed E-state index contributed by atoms with van der Waals surface area (Å²) in [6.45, 7) is 9.92. The molecule has 0 aliphatic rings. The fraction of sp³-hybridized carbons (Fsp3) is 0.625. The maximum atomic E-state index is 3.65. The molecule has 1 rings (SSSR count). The van der Waals surface area contributed by atoms with Gasteiger partial charge in [-0.05, 0) is 45.5 Å². The Labute approximate surface area is 112 Å². The topological polar surface area (TPSA) is 15.3 Å². The first-order chi connectivity index (χ1) is 8.67. The van der Waals surface area contributed by atoms with Crippen LogP contribution in [0.2, 0.25) is 0 Å². The molecule has 1 N–H and O–H groups in total. The van der Waals surface area contributed by atoms with Crippen molar-refractivity contribution in [2.45, 2.75) is 39.7 Å². The van der Waals surface area contributed by atoms with E-state index in [4.69, 9.17) is 0 Å². The van der Waals surface area contributed by atoms with Crippen molar-refractivity contribution in [1.29, 1.82) is 0 Å². The predicted molar refractivity (Wildman–Crippen MR) is 80.0 cm³/mol. The van der Waals surface area contributed by atoms with Gasteiger partial charge in [0.1, 0.15) is 0 Å². The third kappa shape index (κ3) is 5.19.